The molecule has 0 radical (unpaired) electrons. The summed E-state index contributed by atoms with van der Waals surface area (Å²) in [5.74, 6) is 0.490. The lowest BCUT2D eigenvalue weighted by atomic mass is 10.1. The third kappa shape index (κ3) is 4.80. The molecule has 1 rings (SSSR count). The molecule has 0 atom stereocenters. The fourth-order valence-electron chi connectivity index (χ4n) is 2.12. The number of benzene rings is 1. The molecule has 0 aliphatic heterocycles. The summed E-state index contributed by atoms with van der Waals surface area (Å²) >= 11 is 0. The zero-order valence-corrected chi connectivity index (χ0v) is 14.6. The molecule has 1 aromatic rings. The Kier molecular flexibility index (Phi) is 6.84. The number of nitrogens with one attached hydrogen (secondary N) is 1. The third-order valence-corrected chi connectivity index (χ3v) is 5.67. The summed E-state index contributed by atoms with van der Waals surface area (Å²) in [4.78, 5) is 0.421. The van der Waals surface area contributed by atoms with E-state index >= 15 is 0 Å². The first-order valence-corrected chi connectivity index (χ1v) is 9.00. The zero-order chi connectivity index (χ0) is 16.0. The first-order valence-electron chi connectivity index (χ1n) is 7.56. The highest BCUT2D eigenvalue weighted by Gasteiger charge is 2.23. The third-order valence-electron chi connectivity index (χ3n) is 3.67. The van der Waals surface area contributed by atoms with Gasteiger partial charge in [-0.15, -0.1) is 0 Å². The van der Waals surface area contributed by atoms with Gasteiger partial charge >= 0.3 is 0 Å². The van der Waals surface area contributed by atoms with Crippen molar-refractivity contribution in [3.05, 3.63) is 29.3 Å². The van der Waals surface area contributed by atoms with E-state index in [4.69, 9.17) is 0 Å². The molecule has 4 nitrogen and oxygen atoms in total. The first-order chi connectivity index (χ1) is 9.80. The molecule has 0 heterocycles. The van der Waals surface area contributed by atoms with Crippen molar-refractivity contribution in [1.29, 1.82) is 0 Å². The van der Waals surface area contributed by atoms with Crippen LogP contribution in [-0.2, 0) is 16.6 Å². The summed E-state index contributed by atoms with van der Waals surface area (Å²) in [5.41, 5.74) is 1.88. The van der Waals surface area contributed by atoms with E-state index in [9.17, 15) is 8.42 Å². The van der Waals surface area contributed by atoms with Crippen LogP contribution in [0.25, 0.3) is 0 Å². The molecule has 0 amide bonds. The summed E-state index contributed by atoms with van der Waals surface area (Å²) in [6.45, 7) is 10.2. The van der Waals surface area contributed by atoms with E-state index in [0.29, 0.717) is 23.9 Å². The standard InChI is InChI=1S/C16H28N2O2S/c1-6-17-12-15-8-7-9-16(14(15)4)21(19,20)18(5)11-10-13(2)3/h7-9,13,17H,6,10-12H2,1-5H3. The second kappa shape index (κ2) is 7.92. The van der Waals surface area contributed by atoms with E-state index in [1.807, 2.05) is 26.0 Å². The molecule has 0 fully saturated rings. The number of hydrogen-bond donors (Lipinski definition) is 1. The van der Waals surface area contributed by atoms with Gasteiger partial charge in [0.2, 0.25) is 10.0 Å². The predicted molar refractivity (Wildman–Crippen MR) is 87.8 cm³/mol. The Labute approximate surface area is 129 Å². The van der Waals surface area contributed by atoms with Crippen molar-refractivity contribution in [2.24, 2.45) is 5.92 Å². The van der Waals surface area contributed by atoms with Gasteiger partial charge in [-0.25, -0.2) is 12.7 Å². The van der Waals surface area contributed by atoms with Gasteiger partial charge in [0, 0.05) is 20.1 Å². The SMILES string of the molecule is CCNCc1cccc(S(=O)(=O)N(C)CCC(C)C)c1C. The van der Waals surface area contributed by atoms with Gasteiger partial charge < -0.3 is 5.32 Å². The van der Waals surface area contributed by atoms with Gasteiger partial charge in [-0.3, -0.25) is 0 Å². The van der Waals surface area contributed by atoms with Crippen molar-refractivity contribution >= 4 is 10.0 Å². The quantitative estimate of drug-likeness (QED) is 0.803. The van der Waals surface area contributed by atoms with Crippen molar-refractivity contribution in [1.82, 2.24) is 9.62 Å². The molecule has 0 spiro atoms. The maximum atomic E-state index is 12.7. The molecular weight excluding hydrogens is 284 g/mol. The monoisotopic (exact) mass is 312 g/mol. The van der Waals surface area contributed by atoms with E-state index in [1.54, 1.807) is 13.1 Å². The zero-order valence-electron chi connectivity index (χ0n) is 13.8. The van der Waals surface area contributed by atoms with Crippen LogP contribution in [0.3, 0.4) is 0 Å². The first kappa shape index (κ1) is 18.1. The van der Waals surface area contributed by atoms with Gasteiger partial charge in [0.1, 0.15) is 0 Å². The molecule has 0 aliphatic rings. The van der Waals surface area contributed by atoms with Crippen LogP contribution in [0.4, 0.5) is 0 Å². The van der Waals surface area contributed by atoms with Gasteiger partial charge in [-0.1, -0.05) is 32.9 Å². The van der Waals surface area contributed by atoms with Crippen LogP contribution in [0.1, 0.15) is 38.3 Å². The van der Waals surface area contributed by atoms with Gasteiger partial charge in [-0.2, -0.15) is 0 Å². The molecule has 120 valence electrons. The lowest BCUT2D eigenvalue weighted by molar-refractivity contribution is 0.427. The van der Waals surface area contributed by atoms with Crippen LogP contribution < -0.4 is 5.32 Å². The van der Waals surface area contributed by atoms with Gasteiger partial charge in [-0.05, 0) is 43.0 Å². The van der Waals surface area contributed by atoms with Crippen molar-refractivity contribution in [3.63, 3.8) is 0 Å². The minimum atomic E-state index is -3.41. The Morgan fingerprint density at radius 1 is 1.29 bits per heavy atom. The number of nitrogens with zero attached hydrogens (tertiary/aromatic N) is 1. The Balaban J connectivity index is 3.02. The lowest BCUT2D eigenvalue weighted by Crippen LogP contribution is -2.29. The van der Waals surface area contributed by atoms with E-state index in [1.165, 1.54) is 4.31 Å². The van der Waals surface area contributed by atoms with Crippen LogP contribution in [0.15, 0.2) is 23.1 Å². The number of rotatable bonds is 8. The molecule has 1 aromatic carbocycles. The minimum absolute atomic E-state index is 0.421. The maximum Gasteiger partial charge on any atom is 0.243 e. The number of sulfonamides is 1. The second-order valence-electron chi connectivity index (χ2n) is 5.83. The van der Waals surface area contributed by atoms with Crippen molar-refractivity contribution in [2.45, 2.75) is 45.6 Å². The fraction of sp³-hybridized carbons (Fsp3) is 0.625. The average molecular weight is 312 g/mol. The fourth-order valence-corrected chi connectivity index (χ4v) is 3.57. The van der Waals surface area contributed by atoms with E-state index in [0.717, 1.165) is 24.1 Å². The largest absolute Gasteiger partial charge is 0.313 e. The Morgan fingerprint density at radius 2 is 1.95 bits per heavy atom. The van der Waals surface area contributed by atoms with Crippen molar-refractivity contribution in [2.75, 3.05) is 20.1 Å². The summed E-state index contributed by atoms with van der Waals surface area (Å²) in [6.07, 6.45) is 0.867. The van der Waals surface area contributed by atoms with Gasteiger partial charge in [0.25, 0.3) is 0 Å². The smallest absolute Gasteiger partial charge is 0.243 e. The van der Waals surface area contributed by atoms with Crippen molar-refractivity contribution in [3.8, 4) is 0 Å². The highest BCUT2D eigenvalue weighted by atomic mass is 32.2. The Hall–Kier alpha value is -0.910. The van der Waals surface area contributed by atoms with E-state index in [-0.39, 0.29) is 0 Å². The van der Waals surface area contributed by atoms with Gasteiger partial charge in [0.05, 0.1) is 4.90 Å². The molecule has 0 unspecified atom stereocenters. The molecule has 0 bridgehead atoms. The molecule has 1 N–H and O–H groups in total. The summed E-state index contributed by atoms with van der Waals surface area (Å²) in [7, 11) is -1.75. The summed E-state index contributed by atoms with van der Waals surface area (Å²) < 4.78 is 26.9. The van der Waals surface area contributed by atoms with E-state index < -0.39 is 10.0 Å². The highest BCUT2D eigenvalue weighted by molar-refractivity contribution is 7.89. The van der Waals surface area contributed by atoms with Crippen LogP contribution in [-0.4, -0.2) is 32.9 Å². The normalized spacial score (nSPS) is 12.3. The summed E-state index contributed by atoms with van der Waals surface area (Å²) in [5, 5.41) is 3.24. The van der Waals surface area contributed by atoms with Crippen LogP contribution in [0.2, 0.25) is 0 Å². The number of hydrogen-bond acceptors (Lipinski definition) is 3. The molecular formula is C16H28N2O2S. The molecule has 0 aliphatic carbocycles. The average Bonchev–Trinajstić information content (AvgIpc) is 2.43. The summed E-state index contributed by atoms with van der Waals surface area (Å²) in [6, 6.07) is 5.50. The lowest BCUT2D eigenvalue weighted by Gasteiger charge is -2.20. The minimum Gasteiger partial charge on any atom is -0.313 e. The maximum absolute atomic E-state index is 12.7. The molecule has 5 heteroatoms. The van der Waals surface area contributed by atoms with Crippen LogP contribution in [0, 0.1) is 12.8 Å². The molecule has 0 saturated heterocycles. The molecule has 21 heavy (non-hydrogen) atoms. The molecule has 0 aromatic heterocycles. The van der Waals surface area contributed by atoms with E-state index in [2.05, 4.69) is 19.2 Å². The topological polar surface area (TPSA) is 49.4 Å². The van der Waals surface area contributed by atoms with Crippen LogP contribution in [0.5, 0.6) is 0 Å². The highest BCUT2D eigenvalue weighted by Crippen LogP contribution is 2.22. The van der Waals surface area contributed by atoms with Gasteiger partial charge in [0.15, 0.2) is 0 Å². The Bertz CT molecular complexity index is 553. The Morgan fingerprint density at radius 3 is 2.52 bits per heavy atom. The second-order valence-corrected chi connectivity index (χ2v) is 7.84. The van der Waals surface area contributed by atoms with Crippen LogP contribution >= 0.6 is 0 Å². The predicted octanol–water partition coefficient (Wildman–Crippen LogP) is 2.77. The molecule has 0 saturated carbocycles. The van der Waals surface area contributed by atoms with Crippen molar-refractivity contribution < 1.29 is 8.42 Å².